The molecule has 0 aliphatic rings. The minimum atomic E-state index is -0.515. The Balaban J connectivity index is 2.07. The Kier molecular flexibility index (Phi) is 4.61. The summed E-state index contributed by atoms with van der Waals surface area (Å²) in [7, 11) is 0. The number of nitrogens with zero attached hydrogens (tertiary/aromatic N) is 2. The van der Waals surface area contributed by atoms with Gasteiger partial charge in [0, 0.05) is 16.5 Å². The van der Waals surface area contributed by atoms with Crippen molar-refractivity contribution >= 4 is 11.9 Å². The van der Waals surface area contributed by atoms with Crippen molar-refractivity contribution in [3.05, 3.63) is 66.7 Å². The lowest BCUT2D eigenvalue weighted by atomic mass is 9.96. The molecular formula is C21H21N3O. The number of carbonyl (C=O) groups excluding carboxylic acids is 1. The predicted octanol–water partition coefficient (Wildman–Crippen LogP) is 4.80. The number of rotatable bonds is 3. The summed E-state index contributed by atoms with van der Waals surface area (Å²) in [5.74, 6) is 0.205. The van der Waals surface area contributed by atoms with Crippen LogP contribution >= 0.6 is 0 Å². The van der Waals surface area contributed by atoms with E-state index in [1.54, 1.807) is 0 Å². The Labute approximate surface area is 148 Å². The number of benzene rings is 2. The first-order valence-corrected chi connectivity index (χ1v) is 8.25. The zero-order valence-corrected chi connectivity index (χ0v) is 14.7. The van der Waals surface area contributed by atoms with Gasteiger partial charge in [0.15, 0.2) is 0 Å². The Hall–Kier alpha value is -3.01. The van der Waals surface area contributed by atoms with E-state index in [4.69, 9.17) is 0 Å². The number of hydrogen-bond donors (Lipinski definition) is 1. The second-order valence-electron chi connectivity index (χ2n) is 6.90. The van der Waals surface area contributed by atoms with E-state index < -0.39 is 5.41 Å². The summed E-state index contributed by atoms with van der Waals surface area (Å²) >= 11 is 0. The van der Waals surface area contributed by atoms with E-state index in [0.717, 1.165) is 22.5 Å². The lowest BCUT2D eigenvalue weighted by Gasteiger charge is -2.17. The van der Waals surface area contributed by atoms with Crippen molar-refractivity contribution in [2.45, 2.75) is 20.8 Å². The molecule has 0 fully saturated rings. The van der Waals surface area contributed by atoms with Gasteiger partial charge in [0.25, 0.3) is 0 Å². The fraction of sp³-hybridized carbons (Fsp3) is 0.190. The van der Waals surface area contributed by atoms with Crippen molar-refractivity contribution < 1.29 is 4.79 Å². The minimum absolute atomic E-state index is 0.114. The molecule has 1 heterocycles. The van der Waals surface area contributed by atoms with Crippen molar-refractivity contribution in [3.8, 4) is 22.5 Å². The molecule has 25 heavy (non-hydrogen) atoms. The molecule has 0 aliphatic carbocycles. The Bertz CT molecular complexity index is 811. The highest BCUT2D eigenvalue weighted by Gasteiger charge is 2.22. The summed E-state index contributed by atoms with van der Waals surface area (Å²) in [5.41, 5.74) is 3.00. The van der Waals surface area contributed by atoms with Gasteiger partial charge in [0.1, 0.15) is 0 Å². The van der Waals surface area contributed by atoms with Gasteiger partial charge in [-0.1, -0.05) is 81.4 Å². The molecule has 0 atom stereocenters. The molecule has 0 unspecified atom stereocenters. The Morgan fingerprint density at radius 1 is 0.800 bits per heavy atom. The summed E-state index contributed by atoms with van der Waals surface area (Å²) in [4.78, 5) is 21.4. The monoisotopic (exact) mass is 331 g/mol. The number of nitrogens with one attached hydrogen (secondary N) is 1. The van der Waals surface area contributed by atoms with Crippen LogP contribution in [0.15, 0.2) is 66.7 Å². The summed E-state index contributed by atoms with van der Waals surface area (Å²) < 4.78 is 0. The van der Waals surface area contributed by atoms with Crippen LogP contribution in [0.3, 0.4) is 0 Å². The highest BCUT2D eigenvalue weighted by molar-refractivity contribution is 5.93. The number of carbonyl (C=O) groups is 1. The van der Waals surface area contributed by atoms with Crippen LogP contribution in [0.4, 0.5) is 5.95 Å². The van der Waals surface area contributed by atoms with Gasteiger partial charge >= 0.3 is 0 Å². The molecule has 3 rings (SSSR count). The second-order valence-corrected chi connectivity index (χ2v) is 6.90. The van der Waals surface area contributed by atoms with E-state index in [1.807, 2.05) is 87.5 Å². The number of anilines is 1. The predicted molar refractivity (Wildman–Crippen MR) is 101 cm³/mol. The molecule has 1 N–H and O–H groups in total. The van der Waals surface area contributed by atoms with Crippen molar-refractivity contribution in [3.63, 3.8) is 0 Å². The molecule has 0 radical (unpaired) electrons. The van der Waals surface area contributed by atoms with Crippen LogP contribution in [0, 0.1) is 5.41 Å². The van der Waals surface area contributed by atoms with Crippen molar-refractivity contribution in [1.82, 2.24) is 9.97 Å². The van der Waals surface area contributed by atoms with Crippen LogP contribution in [0.5, 0.6) is 0 Å². The van der Waals surface area contributed by atoms with E-state index >= 15 is 0 Å². The molecule has 4 nitrogen and oxygen atoms in total. The van der Waals surface area contributed by atoms with Crippen LogP contribution in [-0.4, -0.2) is 15.9 Å². The maximum absolute atomic E-state index is 12.3. The molecule has 2 aromatic carbocycles. The fourth-order valence-electron chi connectivity index (χ4n) is 2.31. The van der Waals surface area contributed by atoms with E-state index in [0.29, 0.717) is 5.95 Å². The van der Waals surface area contributed by atoms with Crippen molar-refractivity contribution in [1.29, 1.82) is 0 Å². The molecule has 126 valence electrons. The topological polar surface area (TPSA) is 54.9 Å². The highest BCUT2D eigenvalue weighted by Crippen LogP contribution is 2.25. The lowest BCUT2D eigenvalue weighted by Crippen LogP contribution is -2.28. The first-order chi connectivity index (χ1) is 11.9. The van der Waals surface area contributed by atoms with E-state index in [9.17, 15) is 4.79 Å². The first-order valence-electron chi connectivity index (χ1n) is 8.25. The van der Waals surface area contributed by atoms with Gasteiger partial charge in [-0.3, -0.25) is 10.1 Å². The maximum Gasteiger partial charge on any atom is 0.232 e. The molecule has 4 heteroatoms. The third-order valence-electron chi connectivity index (χ3n) is 3.77. The van der Waals surface area contributed by atoms with Gasteiger partial charge in [-0.05, 0) is 6.07 Å². The van der Waals surface area contributed by atoms with E-state index in [1.165, 1.54) is 0 Å². The van der Waals surface area contributed by atoms with Crippen LogP contribution in [-0.2, 0) is 4.79 Å². The Morgan fingerprint density at radius 2 is 1.24 bits per heavy atom. The molecule has 0 bridgehead atoms. The molecule has 3 aromatic rings. The lowest BCUT2D eigenvalue weighted by molar-refractivity contribution is -0.123. The largest absolute Gasteiger partial charge is 0.294 e. The number of amides is 1. The molecule has 0 spiro atoms. The molecular weight excluding hydrogens is 310 g/mol. The fourth-order valence-corrected chi connectivity index (χ4v) is 2.31. The van der Waals surface area contributed by atoms with Gasteiger partial charge in [-0.15, -0.1) is 0 Å². The van der Waals surface area contributed by atoms with Gasteiger partial charge in [-0.25, -0.2) is 9.97 Å². The summed E-state index contributed by atoms with van der Waals surface area (Å²) in [6.45, 7) is 5.59. The van der Waals surface area contributed by atoms with Gasteiger partial charge in [0.05, 0.1) is 11.4 Å². The SMILES string of the molecule is CC(C)(C)C(=O)Nc1nc(-c2ccccc2)cc(-c2ccccc2)n1. The third-order valence-corrected chi connectivity index (χ3v) is 3.77. The third kappa shape index (κ3) is 4.10. The average molecular weight is 331 g/mol. The molecule has 0 aliphatic heterocycles. The normalized spacial score (nSPS) is 11.2. The smallest absolute Gasteiger partial charge is 0.232 e. The van der Waals surface area contributed by atoms with Crippen LogP contribution in [0.2, 0.25) is 0 Å². The van der Waals surface area contributed by atoms with Gasteiger partial charge in [-0.2, -0.15) is 0 Å². The van der Waals surface area contributed by atoms with Crippen molar-refractivity contribution in [2.75, 3.05) is 5.32 Å². The zero-order valence-electron chi connectivity index (χ0n) is 14.7. The standard InChI is InChI=1S/C21H21N3O/c1-21(2,3)19(25)24-20-22-17(15-10-6-4-7-11-15)14-18(23-20)16-12-8-5-9-13-16/h4-14H,1-3H3,(H,22,23,24,25). The molecule has 0 saturated heterocycles. The van der Waals surface area contributed by atoms with E-state index in [-0.39, 0.29) is 5.91 Å². The number of aromatic nitrogens is 2. The van der Waals surface area contributed by atoms with Gasteiger partial charge < -0.3 is 0 Å². The molecule has 0 saturated carbocycles. The van der Waals surface area contributed by atoms with E-state index in [2.05, 4.69) is 15.3 Å². The van der Waals surface area contributed by atoms with Crippen LogP contribution in [0.25, 0.3) is 22.5 Å². The average Bonchev–Trinajstić information content (AvgIpc) is 2.62. The molecule has 1 amide bonds. The first kappa shape index (κ1) is 16.8. The quantitative estimate of drug-likeness (QED) is 0.750. The van der Waals surface area contributed by atoms with Crippen molar-refractivity contribution in [2.24, 2.45) is 5.41 Å². The summed E-state index contributed by atoms with van der Waals surface area (Å²) in [6, 6.07) is 21.7. The number of hydrogen-bond acceptors (Lipinski definition) is 3. The second kappa shape index (κ2) is 6.85. The van der Waals surface area contributed by atoms with Crippen LogP contribution in [0.1, 0.15) is 20.8 Å². The van der Waals surface area contributed by atoms with Gasteiger partial charge in [0.2, 0.25) is 11.9 Å². The van der Waals surface area contributed by atoms with Crippen LogP contribution < -0.4 is 5.32 Å². The highest BCUT2D eigenvalue weighted by atomic mass is 16.2. The minimum Gasteiger partial charge on any atom is -0.294 e. The summed E-state index contributed by atoms with van der Waals surface area (Å²) in [5, 5.41) is 2.84. The molecule has 1 aromatic heterocycles. The Morgan fingerprint density at radius 3 is 1.64 bits per heavy atom. The zero-order chi connectivity index (χ0) is 17.9. The summed E-state index contributed by atoms with van der Waals surface area (Å²) in [6.07, 6.45) is 0. The maximum atomic E-state index is 12.3.